The van der Waals surface area contributed by atoms with E-state index in [4.69, 9.17) is 7.85 Å². The molecular formula is C15H23B. The zero-order valence-corrected chi connectivity index (χ0v) is 10.3. The van der Waals surface area contributed by atoms with E-state index in [1.807, 2.05) is 0 Å². The highest BCUT2D eigenvalue weighted by atomic mass is 14.5. The molecule has 2 fully saturated rings. The molecule has 3 rings (SSSR count). The topological polar surface area (TPSA) is 0 Å². The molecule has 5 atom stereocenters. The highest BCUT2D eigenvalue weighted by Gasteiger charge is 2.43. The van der Waals surface area contributed by atoms with E-state index in [2.05, 4.69) is 12.2 Å². The van der Waals surface area contributed by atoms with Crippen LogP contribution in [-0.2, 0) is 0 Å². The third-order valence-electron chi connectivity index (χ3n) is 5.27. The van der Waals surface area contributed by atoms with E-state index < -0.39 is 0 Å². The predicted molar refractivity (Wildman–Crippen MR) is 69.5 cm³/mol. The Morgan fingerprint density at radius 2 is 1.31 bits per heavy atom. The average Bonchev–Trinajstić information content (AvgIpc) is 2.86. The maximum Gasteiger partial charge on any atom is 0.0699 e. The molecule has 5 unspecified atom stereocenters. The van der Waals surface area contributed by atoms with Crippen LogP contribution in [0, 0.1) is 23.7 Å². The molecule has 0 amide bonds. The molecule has 16 heavy (non-hydrogen) atoms. The van der Waals surface area contributed by atoms with Crippen LogP contribution in [0.2, 0.25) is 5.82 Å². The van der Waals surface area contributed by atoms with E-state index in [1.54, 1.807) is 0 Å². The summed E-state index contributed by atoms with van der Waals surface area (Å²) in [6.07, 6.45) is 16.1. The fraction of sp³-hybridized carbons (Fsp3) is 0.867. The van der Waals surface area contributed by atoms with Gasteiger partial charge in [-0.2, -0.15) is 0 Å². The van der Waals surface area contributed by atoms with Crippen LogP contribution in [0.5, 0.6) is 0 Å². The summed E-state index contributed by atoms with van der Waals surface area (Å²) in [5, 5.41) is 0. The first-order valence-electron chi connectivity index (χ1n) is 7.28. The highest BCUT2D eigenvalue weighted by Crippen LogP contribution is 2.52. The summed E-state index contributed by atoms with van der Waals surface area (Å²) < 4.78 is 0. The molecular weight excluding hydrogens is 191 g/mol. The van der Waals surface area contributed by atoms with Crippen LogP contribution < -0.4 is 0 Å². The van der Waals surface area contributed by atoms with Crippen molar-refractivity contribution in [2.75, 3.05) is 0 Å². The molecule has 0 spiro atoms. The zero-order valence-electron chi connectivity index (χ0n) is 10.3. The molecule has 3 aliphatic carbocycles. The van der Waals surface area contributed by atoms with Crippen molar-refractivity contribution in [2.45, 2.75) is 57.2 Å². The van der Waals surface area contributed by atoms with Gasteiger partial charge < -0.3 is 0 Å². The molecule has 0 nitrogen and oxygen atoms in total. The van der Waals surface area contributed by atoms with Gasteiger partial charge in [-0.05, 0) is 42.9 Å². The largest absolute Gasteiger partial charge is 0.0848 e. The van der Waals surface area contributed by atoms with E-state index in [9.17, 15) is 0 Å². The minimum absolute atomic E-state index is 0.491. The third kappa shape index (κ3) is 1.98. The smallest absolute Gasteiger partial charge is 0.0699 e. The fourth-order valence-corrected chi connectivity index (χ4v) is 4.43. The molecule has 2 radical (unpaired) electrons. The van der Waals surface area contributed by atoms with Crippen LogP contribution >= 0.6 is 0 Å². The van der Waals surface area contributed by atoms with Crippen LogP contribution in [0.1, 0.15) is 51.4 Å². The summed E-state index contributed by atoms with van der Waals surface area (Å²) in [4.78, 5) is 0. The predicted octanol–water partition coefficient (Wildman–Crippen LogP) is 4.13. The van der Waals surface area contributed by atoms with Gasteiger partial charge in [0.15, 0.2) is 0 Å². The van der Waals surface area contributed by atoms with Crippen LogP contribution in [0.25, 0.3) is 0 Å². The molecule has 0 aliphatic heterocycles. The van der Waals surface area contributed by atoms with Gasteiger partial charge in [0.1, 0.15) is 0 Å². The van der Waals surface area contributed by atoms with Crippen LogP contribution in [0.4, 0.5) is 0 Å². The molecule has 2 bridgehead atoms. The summed E-state index contributed by atoms with van der Waals surface area (Å²) >= 11 is 0. The van der Waals surface area contributed by atoms with Crippen LogP contribution in [-0.4, -0.2) is 7.85 Å². The zero-order chi connectivity index (χ0) is 11.0. The SMILES string of the molecule is [B]C1CCCCC2C3C=CC(C3)C2CCC1. The monoisotopic (exact) mass is 214 g/mol. The first kappa shape index (κ1) is 10.9. The van der Waals surface area contributed by atoms with Gasteiger partial charge in [-0.1, -0.05) is 50.1 Å². The molecule has 86 valence electrons. The Bertz CT molecular complexity index is 271. The quantitative estimate of drug-likeness (QED) is 0.420. The first-order chi connectivity index (χ1) is 7.84. The number of allylic oxidation sites excluding steroid dienone is 2. The Morgan fingerprint density at radius 1 is 0.750 bits per heavy atom. The first-order valence-corrected chi connectivity index (χ1v) is 7.28. The van der Waals surface area contributed by atoms with Gasteiger partial charge in [0, 0.05) is 0 Å². The van der Waals surface area contributed by atoms with E-state index >= 15 is 0 Å². The second-order valence-corrected chi connectivity index (χ2v) is 6.25. The Morgan fingerprint density at radius 3 is 2.06 bits per heavy atom. The van der Waals surface area contributed by atoms with Crippen molar-refractivity contribution in [1.29, 1.82) is 0 Å². The van der Waals surface area contributed by atoms with Crippen molar-refractivity contribution < 1.29 is 0 Å². The molecule has 2 saturated carbocycles. The Labute approximate surface area is 101 Å². The average molecular weight is 214 g/mol. The van der Waals surface area contributed by atoms with E-state index in [0.29, 0.717) is 5.82 Å². The summed E-state index contributed by atoms with van der Waals surface area (Å²) in [5.41, 5.74) is 0. The standard InChI is InChI=1S/C15H23B/c16-13-4-1-2-6-14-11-8-9-12(10-11)15(14)7-3-5-13/h8-9,11-15H,1-7,10H2. The van der Waals surface area contributed by atoms with Crippen LogP contribution in [0.3, 0.4) is 0 Å². The van der Waals surface area contributed by atoms with Gasteiger partial charge >= 0.3 is 0 Å². The van der Waals surface area contributed by atoms with E-state index in [0.717, 1.165) is 23.7 Å². The summed E-state index contributed by atoms with van der Waals surface area (Å²) in [6, 6.07) is 0. The van der Waals surface area contributed by atoms with Gasteiger partial charge in [-0.15, -0.1) is 0 Å². The van der Waals surface area contributed by atoms with E-state index in [1.165, 1.54) is 51.4 Å². The summed E-state index contributed by atoms with van der Waals surface area (Å²) in [5.74, 6) is 4.42. The van der Waals surface area contributed by atoms with Crippen molar-refractivity contribution in [3.8, 4) is 0 Å². The molecule has 0 aromatic carbocycles. The molecule has 3 aliphatic rings. The molecule has 0 heterocycles. The van der Waals surface area contributed by atoms with Gasteiger partial charge in [-0.3, -0.25) is 0 Å². The number of rotatable bonds is 0. The lowest BCUT2D eigenvalue weighted by Gasteiger charge is -2.30. The normalized spacial score (nSPS) is 47.9. The van der Waals surface area contributed by atoms with Gasteiger partial charge in [0.2, 0.25) is 0 Å². The maximum atomic E-state index is 6.12. The number of hydrogen-bond acceptors (Lipinski definition) is 0. The van der Waals surface area contributed by atoms with Crippen molar-refractivity contribution >= 4 is 7.85 Å². The second-order valence-electron chi connectivity index (χ2n) is 6.25. The van der Waals surface area contributed by atoms with Gasteiger partial charge in [-0.25, -0.2) is 0 Å². The van der Waals surface area contributed by atoms with Crippen molar-refractivity contribution in [3.63, 3.8) is 0 Å². The summed E-state index contributed by atoms with van der Waals surface area (Å²) in [7, 11) is 6.12. The lowest BCUT2D eigenvalue weighted by molar-refractivity contribution is 0.254. The molecule has 0 N–H and O–H groups in total. The van der Waals surface area contributed by atoms with Crippen molar-refractivity contribution in [3.05, 3.63) is 12.2 Å². The molecule has 0 saturated heterocycles. The number of hydrogen-bond donors (Lipinski definition) is 0. The van der Waals surface area contributed by atoms with E-state index in [-0.39, 0.29) is 0 Å². The molecule has 0 aromatic heterocycles. The minimum Gasteiger partial charge on any atom is -0.0848 e. The number of fused-ring (bicyclic) bond motifs is 5. The fourth-order valence-electron chi connectivity index (χ4n) is 4.43. The van der Waals surface area contributed by atoms with Gasteiger partial charge in [0.25, 0.3) is 0 Å². The molecule has 0 aromatic rings. The van der Waals surface area contributed by atoms with Gasteiger partial charge in [0.05, 0.1) is 7.85 Å². The Kier molecular flexibility index (Phi) is 3.13. The highest BCUT2D eigenvalue weighted by molar-refractivity contribution is 6.11. The Balaban J connectivity index is 1.67. The third-order valence-corrected chi connectivity index (χ3v) is 5.27. The lowest BCUT2D eigenvalue weighted by atomic mass is 9.72. The molecule has 1 heteroatoms. The van der Waals surface area contributed by atoms with Crippen molar-refractivity contribution in [1.82, 2.24) is 0 Å². The Hall–Kier alpha value is -0.195. The lowest BCUT2D eigenvalue weighted by Crippen LogP contribution is -2.20. The van der Waals surface area contributed by atoms with Crippen molar-refractivity contribution in [2.24, 2.45) is 23.7 Å². The minimum atomic E-state index is 0.491. The second kappa shape index (κ2) is 4.59. The summed E-state index contributed by atoms with van der Waals surface area (Å²) in [6.45, 7) is 0. The maximum absolute atomic E-state index is 6.12. The van der Waals surface area contributed by atoms with Crippen LogP contribution in [0.15, 0.2) is 12.2 Å².